The maximum atomic E-state index is 6.28. The highest BCUT2D eigenvalue weighted by molar-refractivity contribution is 5.39. The predicted molar refractivity (Wildman–Crippen MR) is 81.8 cm³/mol. The molecule has 1 heterocycles. The third-order valence-corrected chi connectivity index (χ3v) is 5.41. The Labute approximate surface area is 122 Å². The van der Waals surface area contributed by atoms with Gasteiger partial charge in [-0.05, 0) is 36.3 Å². The highest BCUT2D eigenvalue weighted by Gasteiger charge is 2.44. The van der Waals surface area contributed by atoms with Gasteiger partial charge in [-0.15, -0.1) is 0 Å². The van der Waals surface area contributed by atoms with Crippen molar-refractivity contribution in [3.8, 4) is 0 Å². The number of hydrogen-bond donors (Lipinski definition) is 1. The van der Waals surface area contributed by atoms with Gasteiger partial charge in [0.15, 0.2) is 0 Å². The number of nitrogens with zero attached hydrogens (tertiary/aromatic N) is 1. The first-order chi connectivity index (χ1) is 9.71. The van der Waals surface area contributed by atoms with Gasteiger partial charge in [0.05, 0.1) is 11.6 Å². The van der Waals surface area contributed by atoms with Crippen molar-refractivity contribution in [3.63, 3.8) is 0 Å². The smallest absolute Gasteiger partial charge is 0.0710 e. The molecular formula is C17H26N2O. The van der Waals surface area contributed by atoms with Crippen molar-refractivity contribution in [2.24, 2.45) is 5.73 Å². The second-order valence-electron chi connectivity index (χ2n) is 6.36. The van der Waals surface area contributed by atoms with Crippen LogP contribution in [0.4, 0.5) is 0 Å². The highest BCUT2D eigenvalue weighted by Crippen LogP contribution is 2.45. The molecule has 3 atom stereocenters. The molecule has 1 aliphatic carbocycles. The number of hydrogen-bond acceptors (Lipinski definition) is 3. The molecule has 0 radical (unpaired) electrons. The number of ether oxygens (including phenoxy) is 1. The minimum absolute atomic E-state index is 0.0242. The first-order valence-electron chi connectivity index (χ1n) is 7.78. The molecule has 0 aromatic heterocycles. The largest absolute Gasteiger partial charge is 0.380 e. The van der Waals surface area contributed by atoms with Crippen LogP contribution in [-0.2, 0) is 10.3 Å². The van der Waals surface area contributed by atoms with E-state index < -0.39 is 0 Å². The van der Waals surface area contributed by atoms with Gasteiger partial charge in [-0.2, -0.15) is 0 Å². The Hall–Kier alpha value is -0.900. The Morgan fingerprint density at radius 2 is 2.15 bits per heavy atom. The third kappa shape index (κ3) is 2.09. The molecule has 3 rings (SSSR count). The molecule has 1 saturated heterocycles. The van der Waals surface area contributed by atoms with Crippen molar-refractivity contribution < 1.29 is 4.74 Å². The Kier molecular flexibility index (Phi) is 3.85. The van der Waals surface area contributed by atoms with E-state index in [0.29, 0.717) is 18.6 Å². The molecule has 2 aliphatic rings. The van der Waals surface area contributed by atoms with Gasteiger partial charge in [0, 0.05) is 26.7 Å². The standard InChI is InChI=1S/C17H26N2O/c1-13-7-9-17(12-18,16-6-4-3-5-15(13)16)19-10-8-14(11-19)20-2/h3-6,13-14H,7-12,18H2,1-2H3. The molecule has 3 nitrogen and oxygen atoms in total. The molecule has 1 fully saturated rings. The Bertz CT molecular complexity index is 476. The summed E-state index contributed by atoms with van der Waals surface area (Å²) in [6.07, 6.45) is 3.88. The number of rotatable bonds is 3. The highest BCUT2D eigenvalue weighted by atomic mass is 16.5. The lowest BCUT2D eigenvalue weighted by molar-refractivity contribution is 0.0603. The summed E-state index contributed by atoms with van der Waals surface area (Å²) in [7, 11) is 1.82. The zero-order valence-electron chi connectivity index (χ0n) is 12.6. The molecule has 0 amide bonds. The van der Waals surface area contributed by atoms with Crippen molar-refractivity contribution in [2.45, 2.75) is 43.7 Å². The van der Waals surface area contributed by atoms with Gasteiger partial charge in [-0.25, -0.2) is 0 Å². The second kappa shape index (κ2) is 5.47. The van der Waals surface area contributed by atoms with Gasteiger partial charge in [0.1, 0.15) is 0 Å². The van der Waals surface area contributed by atoms with E-state index in [1.165, 1.54) is 17.5 Å². The molecule has 0 spiro atoms. The van der Waals surface area contributed by atoms with Crippen LogP contribution < -0.4 is 5.73 Å². The van der Waals surface area contributed by atoms with Crippen molar-refractivity contribution in [1.29, 1.82) is 0 Å². The van der Waals surface area contributed by atoms with Crippen LogP contribution in [-0.4, -0.2) is 37.7 Å². The number of methoxy groups -OCH3 is 1. The predicted octanol–water partition coefficient (Wildman–Crippen LogP) is 2.46. The van der Waals surface area contributed by atoms with Crippen LogP contribution in [0.5, 0.6) is 0 Å². The number of fused-ring (bicyclic) bond motifs is 1. The molecular weight excluding hydrogens is 248 g/mol. The number of likely N-dealkylation sites (tertiary alicyclic amines) is 1. The fourth-order valence-electron chi connectivity index (χ4n) is 4.07. The summed E-state index contributed by atoms with van der Waals surface area (Å²) in [4.78, 5) is 2.58. The van der Waals surface area contributed by atoms with E-state index in [1.807, 2.05) is 7.11 Å². The van der Waals surface area contributed by atoms with Gasteiger partial charge in [-0.3, -0.25) is 4.90 Å². The lowest BCUT2D eigenvalue weighted by atomic mass is 9.71. The van der Waals surface area contributed by atoms with E-state index >= 15 is 0 Å². The number of nitrogens with two attached hydrogens (primary N) is 1. The van der Waals surface area contributed by atoms with Crippen molar-refractivity contribution in [3.05, 3.63) is 35.4 Å². The van der Waals surface area contributed by atoms with Gasteiger partial charge >= 0.3 is 0 Å². The van der Waals surface area contributed by atoms with Crippen LogP contribution in [0.25, 0.3) is 0 Å². The molecule has 1 aromatic rings. The molecule has 3 heteroatoms. The zero-order chi connectivity index (χ0) is 14.2. The van der Waals surface area contributed by atoms with Crippen molar-refractivity contribution in [1.82, 2.24) is 4.90 Å². The molecule has 110 valence electrons. The van der Waals surface area contributed by atoms with Crippen LogP contribution in [0.1, 0.15) is 43.2 Å². The summed E-state index contributed by atoms with van der Waals surface area (Å²) in [5, 5.41) is 0. The normalized spacial score (nSPS) is 34.1. The summed E-state index contributed by atoms with van der Waals surface area (Å²) in [6, 6.07) is 8.89. The average Bonchev–Trinajstić information content (AvgIpc) is 2.98. The van der Waals surface area contributed by atoms with Gasteiger partial charge in [0.2, 0.25) is 0 Å². The van der Waals surface area contributed by atoms with E-state index in [9.17, 15) is 0 Å². The van der Waals surface area contributed by atoms with E-state index in [-0.39, 0.29) is 5.54 Å². The molecule has 0 bridgehead atoms. The quantitative estimate of drug-likeness (QED) is 0.920. The van der Waals surface area contributed by atoms with Crippen LogP contribution >= 0.6 is 0 Å². The van der Waals surface area contributed by atoms with E-state index in [2.05, 4.69) is 36.1 Å². The minimum Gasteiger partial charge on any atom is -0.380 e. The molecule has 1 aliphatic heterocycles. The molecule has 2 N–H and O–H groups in total. The summed E-state index contributed by atoms with van der Waals surface area (Å²) in [5.41, 5.74) is 9.25. The van der Waals surface area contributed by atoms with Crippen molar-refractivity contribution in [2.75, 3.05) is 26.7 Å². The number of benzene rings is 1. The van der Waals surface area contributed by atoms with Crippen LogP contribution in [0.2, 0.25) is 0 Å². The van der Waals surface area contributed by atoms with E-state index in [4.69, 9.17) is 10.5 Å². The topological polar surface area (TPSA) is 38.5 Å². The molecule has 20 heavy (non-hydrogen) atoms. The molecule has 3 unspecified atom stereocenters. The van der Waals surface area contributed by atoms with Gasteiger partial charge < -0.3 is 10.5 Å². The zero-order valence-corrected chi connectivity index (χ0v) is 12.6. The fraction of sp³-hybridized carbons (Fsp3) is 0.647. The van der Waals surface area contributed by atoms with Gasteiger partial charge in [0.25, 0.3) is 0 Å². The maximum Gasteiger partial charge on any atom is 0.0710 e. The van der Waals surface area contributed by atoms with Crippen LogP contribution in [0.3, 0.4) is 0 Å². The lowest BCUT2D eigenvalue weighted by Gasteiger charge is -2.47. The summed E-state index contributed by atoms with van der Waals surface area (Å²) in [6.45, 7) is 5.14. The third-order valence-electron chi connectivity index (χ3n) is 5.41. The molecule has 0 saturated carbocycles. The summed E-state index contributed by atoms with van der Waals surface area (Å²) >= 11 is 0. The van der Waals surface area contributed by atoms with E-state index in [1.54, 1.807) is 0 Å². The second-order valence-corrected chi connectivity index (χ2v) is 6.36. The summed E-state index contributed by atoms with van der Waals surface area (Å²) < 4.78 is 5.55. The first kappa shape index (κ1) is 14.1. The lowest BCUT2D eigenvalue weighted by Crippen LogP contribution is -2.52. The summed E-state index contributed by atoms with van der Waals surface area (Å²) in [5.74, 6) is 0.645. The van der Waals surface area contributed by atoms with Crippen LogP contribution in [0.15, 0.2) is 24.3 Å². The van der Waals surface area contributed by atoms with Crippen LogP contribution in [0, 0.1) is 0 Å². The monoisotopic (exact) mass is 274 g/mol. The average molecular weight is 274 g/mol. The molecule has 1 aromatic carbocycles. The Morgan fingerprint density at radius 1 is 1.35 bits per heavy atom. The van der Waals surface area contributed by atoms with Crippen molar-refractivity contribution >= 4 is 0 Å². The Balaban J connectivity index is 1.99. The van der Waals surface area contributed by atoms with E-state index in [0.717, 1.165) is 25.9 Å². The SMILES string of the molecule is COC1CCN(C2(CN)CCC(C)c3ccccc32)C1. The Morgan fingerprint density at radius 3 is 2.85 bits per heavy atom. The minimum atomic E-state index is 0.0242. The fourth-order valence-corrected chi connectivity index (χ4v) is 4.07. The first-order valence-corrected chi connectivity index (χ1v) is 7.78. The maximum absolute atomic E-state index is 6.28. The van der Waals surface area contributed by atoms with Gasteiger partial charge in [-0.1, -0.05) is 31.2 Å².